The first-order valence-corrected chi connectivity index (χ1v) is 6.35. The molecule has 0 heterocycles. The molecule has 2 N–H and O–H groups in total. The SMILES string of the molecule is CC(C)C(C/C=C/CCC(=O)O)(C(=O)O)C(C)C. The van der Waals surface area contributed by atoms with Crippen LogP contribution in [0.25, 0.3) is 0 Å². The van der Waals surface area contributed by atoms with Gasteiger partial charge >= 0.3 is 11.9 Å². The summed E-state index contributed by atoms with van der Waals surface area (Å²) in [6, 6.07) is 0. The molecule has 0 spiro atoms. The van der Waals surface area contributed by atoms with Gasteiger partial charge in [0.2, 0.25) is 0 Å². The molecule has 0 radical (unpaired) electrons. The van der Waals surface area contributed by atoms with Crippen molar-refractivity contribution in [3.63, 3.8) is 0 Å². The molecule has 0 unspecified atom stereocenters. The van der Waals surface area contributed by atoms with E-state index in [1.54, 1.807) is 12.2 Å². The van der Waals surface area contributed by atoms with Crippen molar-refractivity contribution in [2.75, 3.05) is 0 Å². The zero-order valence-corrected chi connectivity index (χ0v) is 11.6. The molecule has 4 heteroatoms. The average Bonchev–Trinajstić information content (AvgIpc) is 2.20. The molecule has 0 fully saturated rings. The lowest BCUT2D eigenvalue weighted by Crippen LogP contribution is -2.40. The standard InChI is InChI=1S/C14H24O4/c1-10(2)14(11(3)4,13(17)18)9-7-5-6-8-12(15)16/h5,7,10-11H,6,8-9H2,1-4H3,(H,15,16)(H,17,18)/b7-5+. The van der Waals surface area contributed by atoms with E-state index in [1.165, 1.54) is 0 Å². The van der Waals surface area contributed by atoms with Gasteiger partial charge in [-0.3, -0.25) is 9.59 Å². The lowest BCUT2D eigenvalue weighted by Gasteiger charge is -2.36. The molecule has 18 heavy (non-hydrogen) atoms. The third-order valence-electron chi connectivity index (χ3n) is 3.61. The van der Waals surface area contributed by atoms with Crippen molar-refractivity contribution in [3.05, 3.63) is 12.2 Å². The largest absolute Gasteiger partial charge is 0.481 e. The first-order valence-electron chi connectivity index (χ1n) is 6.35. The molecule has 0 aromatic heterocycles. The minimum Gasteiger partial charge on any atom is -0.481 e. The summed E-state index contributed by atoms with van der Waals surface area (Å²) >= 11 is 0. The van der Waals surface area contributed by atoms with Crippen LogP contribution in [0.2, 0.25) is 0 Å². The molecule has 0 aromatic carbocycles. The highest BCUT2D eigenvalue weighted by molar-refractivity contribution is 5.75. The van der Waals surface area contributed by atoms with Crippen LogP contribution < -0.4 is 0 Å². The molecule has 0 rings (SSSR count). The Bertz CT molecular complexity index is 308. The Hall–Kier alpha value is -1.32. The van der Waals surface area contributed by atoms with Crippen molar-refractivity contribution >= 4 is 11.9 Å². The maximum absolute atomic E-state index is 11.5. The highest BCUT2D eigenvalue weighted by Crippen LogP contribution is 2.40. The summed E-state index contributed by atoms with van der Waals surface area (Å²) in [6.45, 7) is 7.66. The predicted molar refractivity (Wildman–Crippen MR) is 70.4 cm³/mol. The monoisotopic (exact) mass is 256 g/mol. The van der Waals surface area contributed by atoms with Crippen LogP contribution in [0.4, 0.5) is 0 Å². The summed E-state index contributed by atoms with van der Waals surface area (Å²) in [6.07, 6.45) is 4.53. The second kappa shape index (κ2) is 7.19. The normalized spacial score (nSPS) is 12.6. The van der Waals surface area contributed by atoms with Gasteiger partial charge in [0.25, 0.3) is 0 Å². The summed E-state index contributed by atoms with van der Waals surface area (Å²) < 4.78 is 0. The minimum atomic E-state index is -0.836. The van der Waals surface area contributed by atoms with Gasteiger partial charge in [0.15, 0.2) is 0 Å². The third kappa shape index (κ3) is 4.17. The van der Waals surface area contributed by atoms with Crippen LogP contribution in [0.3, 0.4) is 0 Å². The number of allylic oxidation sites excluding steroid dienone is 2. The van der Waals surface area contributed by atoms with E-state index in [2.05, 4.69) is 0 Å². The lowest BCUT2D eigenvalue weighted by molar-refractivity contribution is -0.155. The minimum absolute atomic E-state index is 0.0270. The van der Waals surface area contributed by atoms with Crippen molar-refractivity contribution in [1.29, 1.82) is 0 Å². The summed E-state index contributed by atoms with van der Waals surface area (Å²) in [5, 5.41) is 18.0. The van der Waals surface area contributed by atoms with Crippen molar-refractivity contribution < 1.29 is 19.8 Å². The van der Waals surface area contributed by atoms with Crippen molar-refractivity contribution in [3.8, 4) is 0 Å². The number of carboxylic acids is 2. The Labute approximate surface area is 109 Å². The summed E-state index contributed by atoms with van der Waals surface area (Å²) in [7, 11) is 0. The van der Waals surface area contributed by atoms with Gasteiger partial charge in [-0.2, -0.15) is 0 Å². The van der Waals surface area contributed by atoms with Gasteiger partial charge in [0.05, 0.1) is 5.41 Å². The van der Waals surface area contributed by atoms with Gasteiger partial charge in [-0.25, -0.2) is 0 Å². The van der Waals surface area contributed by atoms with E-state index in [0.29, 0.717) is 12.8 Å². The fourth-order valence-corrected chi connectivity index (χ4v) is 2.32. The van der Waals surface area contributed by atoms with Crippen molar-refractivity contribution in [2.45, 2.75) is 47.0 Å². The molecule has 104 valence electrons. The molecule has 0 saturated carbocycles. The van der Waals surface area contributed by atoms with Crippen molar-refractivity contribution in [1.82, 2.24) is 0 Å². The Balaban J connectivity index is 4.71. The van der Waals surface area contributed by atoms with Gasteiger partial charge in [-0.15, -0.1) is 0 Å². The molecule has 0 atom stereocenters. The molecule has 0 amide bonds. The van der Waals surface area contributed by atoms with E-state index in [-0.39, 0.29) is 18.3 Å². The number of aliphatic carboxylic acids is 2. The van der Waals surface area contributed by atoms with Crippen LogP contribution in [-0.2, 0) is 9.59 Å². The zero-order chi connectivity index (χ0) is 14.3. The second-order valence-corrected chi connectivity index (χ2v) is 5.26. The van der Waals surface area contributed by atoms with Crippen LogP contribution >= 0.6 is 0 Å². The van der Waals surface area contributed by atoms with Gasteiger partial charge < -0.3 is 10.2 Å². The maximum atomic E-state index is 11.5. The van der Waals surface area contributed by atoms with E-state index < -0.39 is 17.4 Å². The van der Waals surface area contributed by atoms with Gasteiger partial charge in [-0.05, 0) is 24.7 Å². The van der Waals surface area contributed by atoms with Gasteiger partial charge in [-0.1, -0.05) is 39.8 Å². The van der Waals surface area contributed by atoms with E-state index in [4.69, 9.17) is 5.11 Å². The quantitative estimate of drug-likeness (QED) is 0.654. The molecule has 0 saturated heterocycles. The number of hydrogen-bond donors (Lipinski definition) is 2. The zero-order valence-electron chi connectivity index (χ0n) is 11.6. The molecule has 0 aliphatic carbocycles. The molecular formula is C14H24O4. The number of carbonyl (C=O) groups is 2. The lowest BCUT2D eigenvalue weighted by atomic mass is 9.66. The molecule has 0 aliphatic rings. The molecule has 0 aliphatic heterocycles. The topological polar surface area (TPSA) is 74.6 Å². The highest BCUT2D eigenvalue weighted by atomic mass is 16.4. The molecule has 0 bridgehead atoms. The maximum Gasteiger partial charge on any atom is 0.310 e. The smallest absolute Gasteiger partial charge is 0.310 e. The van der Waals surface area contributed by atoms with E-state index in [1.807, 2.05) is 27.7 Å². The van der Waals surface area contributed by atoms with Gasteiger partial charge in [0, 0.05) is 6.42 Å². The van der Waals surface area contributed by atoms with Crippen LogP contribution in [0.5, 0.6) is 0 Å². The summed E-state index contributed by atoms with van der Waals surface area (Å²) in [5.41, 5.74) is -0.778. The number of rotatable bonds is 8. The first-order chi connectivity index (χ1) is 8.25. The fraction of sp³-hybridized carbons (Fsp3) is 0.714. The van der Waals surface area contributed by atoms with Crippen LogP contribution in [-0.4, -0.2) is 22.2 Å². The summed E-state index contributed by atoms with van der Waals surface area (Å²) in [5.74, 6) is -1.56. The Morgan fingerprint density at radius 2 is 1.56 bits per heavy atom. The Kier molecular flexibility index (Phi) is 6.66. The van der Waals surface area contributed by atoms with E-state index in [0.717, 1.165) is 0 Å². The van der Waals surface area contributed by atoms with Crippen LogP contribution in [0.1, 0.15) is 47.0 Å². The van der Waals surface area contributed by atoms with Crippen molar-refractivity contribution in [2.24, 2.45) is 17.3 Å². The van der Waals surface area contributed by atoms with E-state index in [9.17, 15) is 14.7 Å². The van der Waals surface area contributed by atoms with Crippen LogP contribution in [0.15, 0.2) is 12.2 Å². The number of hydrogen-bond acceptors (Lipinski definition) is 2. The predicted octanol–water partition coefficient (Wildman–Crippen LogP) is 3.18. The first kappa shape index (κ1) is 16.7. The average molecular weight is 256 g/mol. The fourth-order valence-electron chi connectivity index (χ4n) is 2.32. The molecule has 0 aromatic rings. The molecule has 4 nitrogen and oxygen atoms in total. The molecular weight excluding hydrogens is 232 g/mol. The van der Waals surface area contributed by atoms with Crippen LogP contribution in [0, 0.1) is 17.3 Å². The number of carboxylic acid groups (broad SMARTS) is 2. The van der Waals surface area contributed by atoms with Gasteiger partial charge in [0.1, 0.15) is 0 Å². The summed E-state index contributed by atoms with van der Waals surface area (Å²) in [4.78, 5) is 21.9. The highest BCUT2D eigenvalue weighted by Gasteiger charge is 2.43. The second-order valence-electron chi connectivity index (χ2n) is 5.26. The third-order valence-corrected chi connectivity index (χ3v) is 3.61. The van der Waals surface area contributed by atoms with E-state index >= 15 is 0 Å². The Morgan fingerprint density at radius 3 is 1.89 bits per heavy atom. The Morgan fingerprint density at radius 1 is 1.06 bits per heavy atom.